The van der Waals surface area contributed by atoms with E-state index in [9.17, 15) is 4.79 Å². The normalized spacial score (nSPS) is 17.9. The molecule has 1 unspecified atom stereocenters. The molecule has 0 radical (unpaired) electrons. The van der Waals surface area contributed by atoms with E-state index in [2.05, 4.69) is 27.4 Å². The summed E-state index contributed by atoms with van der Waals surface area (Å²) in [6.45, 7) is 11.3. The number of carbonyl (C=O) groups is 1. The van der Waals surface area contributed by atoms with Crippen LogP contribution in [0.1, 0.15) is 36.8 Å². The number of hydrogen-bond donors (Lipinski definition) is 3. The van der Waals surface area contributed by atoms with Gasteiger partial charge in [-0.05, 0) is 27.7 Å². The van der Waals surface area contributed by atoms with Crippen molar-refractivity contribution in [2.75, 3.05) is 48.7 Å². The lowest BCUT2D eigenvalue weighted by Gasteiger charge is -2.36. The number of ether oxygens (including phenoxy) is 1. The lowest BCUT2D eigenvalue weighted by Crippen LogP contribution is -2.50. The predicted molar refractivity (Wildman–Crippen MR) is 93.2 cm³/mol. The third kappa shape index (κ3) is 3.50. The molecule has 1 saturated heterocycles. The van der Waals surface area contributed by atoms with E-state index in [-0.39, 0.29) is 5.97 Å². The van der Waals surface area contributed by atoms with E-state index in [0.29, 0.717) is 41.8 Å². The molecule has 0 bridgehead atoms. The van der Waals surface area contributed by atoms with Gasteiger partial charge in [0, 0.05) is 32.2 Å². The minimum absolute atomic E-state index is 0.292. The van der Waals surface area contributed by atoms with Crippen molar-refractivity contribution in [1.29, 1.82) is 0 Å². The Morgan fingerprint density at radius 1 is 1.52 bits per heavy atom. The van der Waals surface area contributed by atoms with Crippen molar-refractivity contribution in [2.45, 2.75) is 33.7 Å². The summed E-state index contributed by atoms with van der Waals surface area (Å²) < 4.78 is 5.16. The van der Waals surface area contributed by atoms with Crippen LogP contribution < -0.4 is 21.3 Å². The van der Waals surface area contributed by atoms with Crippen LogP contribution in [0.15, 0.2) is 0 Å². The molecule has 0 aliphatic carbocycles. The third-order valence-electron chi connectivity index (χ3n) is 4.00. The number of aryl methyl sites for hydroxylation is 1. The minimum atomic E-state index is -0.389. The Labute approximate surface area is 137 Å². The molecule has 0 aromatic carbocycles. The highest BCUT2D eigenvalue weighted by molar-refractivity contribution is 6.02. The van der Waals surface area contributed by atoms with Crippen molar-refractivity contribution in [2.24, 2.45) is 0 Å². The average Bonchev–Trinajstić information content (AvgIpc) is 2.52. The number of hydrogen-bond acceptors (Lipinski definition) is 7. The SMILES string of the molecule is CCNc1c(N)c(N2CCNCC2C)nc(C)c1C(=O)OCC. The second-order valence-electron chi connectivity index (χ2n) is 5.68. The van der Waals surface area contributed by atoms with Gasteiger partial charge in [-0.1, -0.05) is 0 Å². The van der Waals surface area contributed by atoms with Crippen LogP contribution in [-0.4, -0.2) is 49.8 Å². The Hall–Kier alpha value is -2.02. The van der Waals surface area contributed by atoms with Crippen molar-refractivity contribution in [3.05, 3.63) is 11.3 Å². The first-order chi connectivity index (χ1) is 11.0. The van der Waals surface area contributed by atoms with Gasteiger partial charge in [0.1, 0.15) is 5.56 Å². The van der Waals surface area contributed by atoms with Crippen LogP contribution in [0.4, 0.5) is 17.2 Å². The van der Waals surface area contributed by atoms with Crippen molar-refractivity contribution >= 4 is 23.2 Å². The average molecular weight is 321 g/mol. The fourth-order valence-electron chi connectivity index (χ4n) is 2.89. The summed E-state index contributed by atoms with van der Waals surface area (Å²) in [6, 6.07) is 0.292. The standard InChI is InChI=1S/C16H27N5O2/c1-5-19-14-12(16(22)23-6-2)11(4)20-15(13(14)17)21-8-7-18-9-10(21)3/h10,18H,5-9,17H2,1-4H3,(H,19,20). The lowest BCUT2D eigenvalue weighted by molar-refractivity contribution is 0.0526. The number of nitrogens with zero attached hydrogens (tertiary/aromatic N) is 2. The van der Waals surface area contributed by atoms with E-state index in [1.165, 1.54) is 0 Å². The number of carbonyl (C=O) groups excluding carboxylic acids is 1. The molecule has 1 atom stereocenters. The molecule has 2 heterocycles. The third-order valence-corrected chi connectivity index (χ3v) is 4.00. The molecular weight excluding hydrogens is 294 g/mol. The highest BCUT2D eigenvalue weighted by Gasteiger charge is 2.27. The molecule has 128 valence electrons. The maximum Gasteiger partial charge on any atom is 0.342 e. The topological polar surface area (TPSA) is 92.5 Å². The highest BCUT2D eigenvalue weighted by Crippen LogP contribution is 2.35. The van der Waals surface area contributed by atoms with E-state index in [1.807, 2.05) is 13.8 Å². The molecule has 4 N–H and O–H groups in total. The van der Waals surface area contributed by atoms with Gasteiger partial charge in [0.05, 0.1) is 23.7 Å². The largest absolute Gasteiger partial charge is 0.462 e. The molecule has 1 aliphatic rings. The quantitative estimate of drug-likeness (QED) is 0.706. The zero-order valence-electron chi connectivity index (χ0n) is 14.4. The fraction of sp³-hybridized carbons (Fsp3) is 0.625. The van der Waals surface area contributed by atoms with Gasteiger partial charge in [-0.2, -0.15) is 0 Å². The van der Waals surface area contributed by atoms with Gasteiger partial charge < -0.3 is 26.0 Å². The van der Waals surface area contributed by atoms with Gasteiger partial charge in [-0.25, -0.2) is 9.78 Å². The van der Waals surface area contributed by atoms with Crippen molar-refractivity contribution in [1.82, 2.24) is 10.3 Å². The number of esters is 1. The first kappa shape index (κ1) is 17.3. The number of aromatic nitrogens is 1. The summed E-state index contributed by atoms with van der Waals surface area (Å²) in [5, 5.41) is 6.57. The summed E-state index contributed by atoms with van der Waals surface area (Å²) >= 11 is 0. The molecule has 0 spiro atoms. The molecule has 7 nitrogen and oxygen atoms in total. The lowest BCUT2D eigenvalue weighted by atomic mass is 10.1. The Morgan fingerprint density at radius 2 is 2.26 bits per heavy atom. The van der Waals surface area contributed by atoms with Crippen LogP contribution in [0.5, 0.6) is 0 Å². The molecule has 1 aliphatic heterocycles. The van der Waals surface area contributed by atoms with Crippen LogP contribution >= 0.6 is 0 Å². The summed E-state index contributed by atoms with van der Waals surface area (Å²) in [6.07, 6.45) is 0. The molecule has 7 heteroatoms. The van der Waals surface area contributed by atoms with Crippen LogP contribution in [0.3, 0.4) is 0 Å². The molecule has 0 saturated carbocycles. The zero-order chi connectivity index (χ0) is 17.0. The predicted octanol–water partition coefficient (Wildman–Crippen LogP) is 1.38. The van der Waals surface area contributed by atoms with Gasteiger partial charge in [-0.3, -0.25) is 0 Å². The van der Waals surface area contributed by atoms with E-state index in [1.54, 1.807) is 6.92 Å². The first-order valence-electron chi connectivity index (χ1n) is 8.19. The molecule has 0 amide bonds. The molecule has 1 aromatic heterocycles. The maximum absolute atomic E-state index is 12.3. The van der Waals surface area contributed by atoms with Crippen LogP contribution in [0.25, 0.3) is 0 Å². The number of nitrogen functional groups attached to an aromatic ring is 1. The van der Waals surface area contributed by atoms with E-state index < -0.39 is 0 Å². The summed E-state index contributed by atoms with van der Waals surface area (Å²) in [5.41, 5.74) is 8.57. The minimum Gasteiger partial charge on any atom is -0.462 e. The Kier molecular flexibility index (Phi) is 5.65. The smallest absolute Gasteiger partial charge is 0.342 e. The van der Waals surface area contributed by atoms with Crippen LogP contribution in [0.2, 0.25) is 0 Å². The number of pyridine rings is 1. The summed E-state index contributed by atoms with van der Waals surface area (Å²) in [7, 11) is 0. The van der Waals surface area contributed by atoms with Crippen LogP contribution in [0, 0.1) is 6.92 Å². The van der Waals surface area contributed by atoms with Crippen molar-refractivity contribution in [3.63, 3.8) is 0 Å². The van der Waals surface area contributed by atoms with E-state index >= 15 is 0 Å². The Bertz CT molecular complexity index is 576. The van der Waals surface area contributed by atoms with Gasteiger partial charge in [0.2, 0.25) is 0 Å². The Balaban J connectivity index is 2.52. The maximum atomic E-state index is 12.3. The zero-order valence-corrected chi connectivity index (χ0v) is 14.4. The number of rotatable bonds is 5. The second kappa shape index (κ2) is 7.50. The summed E-state index contributed by atoms with van der Waals surface area (Å²) in [5.74, 6) is 0.348. The van der Waals surface area contributed by atoms with Gasteiger partial charge in [0.15, 0.2) is 5.82 Å². The molecular formula is C16H27N5O2. The van der Waals surface area contributed by atoms with Crippen molar-refractivity contribution in [3.8, 4) is 0 Å². The van der Waals surface area contributed by atoms with Gasteiger partial charge in [0.25, 0.3) is 0 Å². The summed E-state index contributed by atoms with van der Waals surface area (Å²) in [4.78, 5) is 19.1. The number of piperazine rings is 1. The number of nitrogens with two attached hydrogens (primary N) is 1. The van der Waals surface area contributed by atoms with Crippen LogP contribution in [-0.2, 0) is 4.74 Å². The first-order valence-corrected chi connectivity index (χ1v) is 8.19. The molecule has 23 heavy (non-hydrogen) atoms. The van der Waals surface area contributed by atoms with E-state index in [4.69, 9.17) is 10.5 Å². The fourth-order valence-corrected chi connectivity index (χ4v) is 2.89. The van der Waals surface area contributed by atoms with Gasteiger partial charge in [-0.15, -0.1) is 0 Å². The molecule has 2 rings (SSSR count). The van der Waals surface area contributed by atoms with Gasteiger partial charge >= 0.3 is 5.97 Å². The molecule has 1 fully saturated rings. The number of anilines is 3. The highest BCUT2D eigenvalue weighted by atomic mass is 16.5. The Morgan fingerprint density at radius 3 is 2.87 bits per heavy atom. The monoisotopic (exact) mass is 321 g/mol. The van der Waals surface area contributed by atoms with Crippen molar-refractivity contribution < 1.29 is 9.53 Å². The number of nitrogens with one attached hydrogen (secondary N) is 2. The van der Waals surface area contributed by atoms with E-state index in [0.717, 1.165) is 25.5 Å². The second-order valence-corrected chi connectivity index (χ2v) is 5.68. The molecule has 1 aromatic rings.